The van der Waals surface area contributed by atoms with Gasteiger partial charge in [-0.1, -0.05) is 58.9 Å². The van der Waals surface area contributed by atoms with E-state index in [0.717, 1.165) is 28.7 Å². The molecule has 0 aliphatic carbocycles. The van der Waals surface area contributed by atoms with Crippen LogP contribution in [0.2, 0.25) is 0 Å². The molecule has 1 saturated heterocycles. The minimum Gasteiger partial charge on any atom is -0.496 e. The largest absolute Gasteiger partial charge is 0.496 e. The summed E-state index contributed by atoms with van der Waals surface area (Å²) in [5.74, 6) is 0.456. The van der Waals surface area contributed by atoms with Gasteiger partial charge in [0, 0.05) is 30.5 Å². The van der Waals surface area contributed by atoms with E-state index in [0.29, 0.717) is 37.2 Å². The van der Waals surface area contributed by atoms with Gasteiger partial charge >= 0.3 is 0 Å². The average molecular weight is 684 g/mol. The van der Waals surface area contributed by atoms with E-state index in [4.69, 9.17) is 9.47 Å². The second-order valence-corrected chi connectivity index (χ2v) is 15.2. The molecular formula is C39H61N3O7. The first-order chi connectivity index (χ1) is 22.9. The maximum absolute atomic E-state index is 13.5. The number of hydrogen-bond donors (Lipinski definition) is 5. The molecule has 5 N–H and O–H groups in total. The first kappa shape index (κ1) is 40.4. The van der Waals surface area contributed by atoms with Crippen molar-refractivity contribution >= 4 is 11.8 Å². The number of benzene rings is 2. The van der Waals surface area contributed by atoms with Crippen LogP contribution in [0.1, 0.15) is 101 Å². The molecule has 1 heterocycles. The molecule has 274 valence electrons. The number of nitrogens with zero attached hydrogens (tertiary/aromatic N) is 1. The summed E-state index contributed by atoms with van der Waals surface area (Å²) in [5.41, 5.74) is 3.32. The Labute approximate surface area is 293 Å². The summed E-state index contributed by atoms with van der Waals surface area (Å²) in [6.07, 6.45) is -1.17. The third-order valence-corrected chi connectivity index (χ3v) is 10.3. The highest BCUT2D eigenvalue weighted by Gasteiger charge is 2.40. The first-order valence-electron chi connectivity index (χ1n) is 17.6. The van der Waals surface area contributed by atoms with Crippen molar-refractivity contribution in [2.75, 3.05) is 40.9 Å². The van der Waals surface area contributed by atoms with Gasteiger partial charge in [0.05, 0.1) is 25.9 Å². The van der Waals surface area contributed by atoms with Gasteiger partial charge < -0.3 is 40.3 Å². The van der Waals surface area contributed by atoms with E-state index < -0.39 is 35.4 Å². The highest BCUT2D eigenvalue weighted by molar-refractivity contribution is 5.92. The Balaban J connectivity index is 1.78. The minimum atomic E-state index is -1.15. The number of hydrogen-bond acceptors (Lipinski definition) is 8. The monoisotopic (exact) mass is 683 g/mol. The second-order valence-electron chi connectivity index (χ2n) is 15.2. The van der Waals surface area contributed by atoms with E-state index in [9.17, 15) is 24.9 Å². The van der Waals surface area contributed by atoms with E-state index in [1.165, 1.54) is 0 Å². The van der Waals surface area contributed by atoms with Crippen LogP contribution < -0.4 is 15.4 Å². The van der Waals surface area contributed by atoms with Crippen molar-refractivity contribution in [1.29, 1.82) is 0 Å². The van der Waals surface area contributed by atoms with Crippen LogP contribution in [0.3, 0.4) is 0 Å². The van der Waals surface area contributed by atoms with Gasteiger partial charge in [0.1, 0.15) is 23.5 Å². The molecule has 1 fully saturated rings. The average Bonchev–Trinajstić information content (AvgIpc) is 3.05. The summed E-state index contributed by atoms with van der Waals surface area (Å²) in [6, 6.07) is 12.5. The molecule has 2 aromatic carbocycles. The lowest BCUT2D eigenvalue weighted by Gasteiger charge is -2.37. The van der Waals surface area contributed by atoms with E-state index in [2.05, 4.69) is 55.7 Å². The molecule has 10 heteroatoms. The summed E-state index contributed by atoms with van der Waals surface area (Å²) >= 11 is 0. The summed E-state index contributed by atoms with van der Waals surface area (Å²) < 4.78 is 11.8. The Morgan fingerprint density at radius 1 is 1.04 bits per heavy atom. The van der Waals surface area contributed by atoms with Crippen LogP contribution in [0.4, 0.5) is 0 Å². The first-order valence-corrected chi connectivity index (χ1v) is 17.6. The van der Waals surface area contributed by atoms with Crippen molar-refractivity contribution in [3.63, 3.8) is 0 Å². The maximum atomic E-state index is 13.5. The Morgan fingerprint density at radius 3 is 2.24 bits per heavy atom. The molecule has 2 amide bonds. The standard InChI is InChI=1S/C39H61N3O7/c1-11-24(2)30-22-33(48-10)31(35-34(45)32(44)21-29(23-43)49-35)20-28(30)19-27-14-12-26(13-15-27)18-25(3)38(4,5)36(46)41-39(6,7)37(47)40-16-17-42(8)9/h12-15,20,22,24-25,29,32,34-35,43-45H,11,16-19,21,23H2,1-10H3,(H,40,47)(H,41,46)/t24?,25?,29-,32-,34+,35-/m0/s1. The zero-order valence-corrected chi connectivity index (χ0v) is 31.3. The molecule has 2 aromatic rings. The number of amides is 2. The molecular weight excluding hydrogens is 622 g/mol. The predicted molar refractivity (Wildman–Crippen MR) is 193 cm³/mol. The van der Waals surface area contributed by atoms with Crippen LogP contribution in [-0.4, -0.2) is 96.8 Å². The highest BCUT2D eigenvalue weighted by atomic mass is 16.5. The van der Waals surface area contributed by atoms with E-state index in [1.807, 2.05) is 45.0 Å². The number of aliphatic hydroxyl groups excluding tert-OH is 3. The number of carbonyl (C=O) groups is 2. The molecule has 1 aliphatic rings. The van der Waals surface area contributed by atoms with Gasteiger partial charge in [0.25, 0.3) is 0 Å². The third kappa shape index (κ3) is 10.3. The molecule has 0 saturated carbocycles. The number of aliphatic hydroxyl groups is 3. The van der Waals surface area contributed by atoms with Crippen molar-refractivity contribution in [2.45, 2.75) is 110 Å². The zero-order chi connectivity index (χ0) is 36.7. The van der Waals surface area contributed by atoms with Crippen LogP contribution >= 0.6 is 0 Å². The van der Waals surface area contributed by atoms with Crippen molar-refractivity contribution in [3.05, 3.63) is 64.2 Å². The predicted octanol–water partition coefficient (Wildman–Crippen LogP) is 4.12. The highest BCUT2D eigenvalue weighted by Crippen LogP contribution is 2.40. The number of likely N-dealkylation sites (N-methyl/N-ethyl adjacent to an activating group) is 1. The lowest BCUT2D eigenvalue weighted by atomic mass is 9.75. The van der Waals surface area contributed by atoms with Gasteiger partial charge in [-0.05, 0) is 93.4 Å². The fourth-order valence-corrected chi connectivity index (χ4v) is 6.18. The van der Waals surface area contributed by atoms with Crippen LogP contribution in [0.15, 0.2) is 36.4 Å². The summed E-state index contributed by atoms with van der Waals surface area (Å²) in [6.45, 7) is 14.7. The van der Waals surface area contributed by atoms with Crippen LogP contribution in [-0.2, 0) is 27.2 Å². The summed E-state index contributed by atoms with van der Waals surface area (Å²) in [7, 11) is 5.47. The Hall–Kier alpha value is -3.02. The molecule has 2 unspecified atom stereocenters. The number of methoxy groups -OCH3 is 1. The number of carbonyl (C=O) groups excluding carboxylic acids is 2. The molecule has 0 radical (unpaired) electrons. The zero-order valence-electron chi connectivity index (χ0n) is 31.3. The normalized spacial score (nSPS) is 21.3. The van der Waals surface area contributed by atoms with Gasteiger partial charge in [-0.25, -0.2) is 0 Å². The van der Waals surface area contributed by atoms with Gasteiger partial charge in [-0.3, -0.25) is 9.59 Å². The topological polar surface area (TPSA) is 141 Å². The molecule has 3 rings (SSSR count). The second kappa shape index (κ2) is 17.3. The molecule has 10 nitrogen and oxygen atoms in total. The summed E-state index contributed by atoms with van der Waals surface area (Å²) in [4.78, 5) is 28.3. The minimum absolute atomic E-state index is 0.00729. The lowest BCUT2D eigenvalue weighted by molar-refractivity contribution is -0.180. The molecule has 0 aromatic heterocycles. The fraction of sp³-hybridized carbons (Fsp3) is 0.641. The van der Waals surface area contributed by atoms with E-state index in [-0.39, 0.29) is 36.7 Å². The molecule has 0 spiro atoms. The Morgan fingerprint density at radius 2 is 1.67 bits per heavy atom. The van der Waals surface area contributed by atoms with Gasteiger partial charge in [0.2, 0.25) is 11.8 Å². The van der Waals surface area contributed by atoms with Gasteiger partial charge in [0.15, 0.2) is 0 Å². The van der Waals surface area contributed by atoms with Crippen molar-refractivity contribution in [3.8, 4) is 5.75 Å². The van der Waals surface area contributed by atoms with Gasteiger partial charge in [-0.2, -0.15) is 0 Å². The van der Waals surface area contributed by atoms with Gasteiger partial charge in [-0.15, -0.1) is 0 Å². The Kier molecular flexibility index (Phi) is 14.2. The van der Waals surface area contributed by atoms with Crippen LogP contribution in [0.25, 0.3) is 0 Å². The summed E-state index contributed by atoms with van der Waals surface area (Å²) in [5, 5.41) is 37.1. The van der Waals surface area contributed by atoms with Crippen molar-refractivity contribution in [1.82, 2.24) is 15.5 Å². The molecule has 49 heavy (non-hydrogen) atoms. The van der Waals surface area contributed by atoms with Crippen LogP contribution in [0.5, 0.6) is 5.75 Å². The van der Waals surface area contributed by atoms with Crippen LogP contribution in [0, 0.1) is 11.3 Å². The van der Waals surface area contributed by atoms with Crippen molar-refractivity contribution in [2.24, 2.45) is 11.3 Å². The maximum Gasteiger partial charge on any atom is 0.245 e. The number of ether oxygens (including phenoxy) is 2. The third-order valence-electron chi connectivity index (χ3n) is 10.3. The number of nitrogens with one attached hydrogen (secondary N) is 2. The van der Waals surface area contributed by atoms with Crippen molar-refractivity contribution < 1.29 is 34.4 Å². The van der Waals surface area contributed by atoms with E-state index in [1.54, 1.807) is 21.0 Å². The Bertz CT molecular complexity index is 1390. The van der Waals surface area contributed by atoms with E-state index >= 15 is 0 Å². The molecule has 0 bridgehead atoms. The lowest BCUT2D eigenvalue weighted by Crippen LogP contribution is -2.58. The SMILES string of the molecule is CCC(C)c1cc(OC)c([C@@H]2O[C@H](CO)C[C@H](O)[C@H]2O)cc1Cc1ccc(CC(C)C(C)(C)C(=O)NC(C)(C)C(=O)NCCN(C)C)cc1. The quantitative estimate of drug-likeness (QED) is 0.178. The fourth-order valence-electron chi connectivity index (χ4n) is 6.18. The molecule has 6 atom stereocenters. The molecule has 1 aliphatic heterocycles. The smallest absolute Gasteiger partial charge is 0.245 e. The number of rotatable bonds is 16.